The lowest BCUT2D eigenvalue weighted by molar-refractivity contribution is -0.222. The summed E-state index contributed by atoms with van der Waals surface area (Å²) in [6.07, 6.45) is -11.8. The standard InChI is InChI=1S/C8H9F6NO3/c1-6(2-4(16)17,8(12,13)14)3-15-5(18)7(9,10)11/h2-3H2,1H3,(H,15,18)(H,16,17). The Labute approximate surface area is 97.0 Å². The Morgan fingerprint density at radius 2 is 1.56 bits per heavy atom. The molecule has 0 aromatic rings. The number of carboxylic acid groups (broad SMARTS) is 1. The summed E-state index contributed by atoms with van der Waals surface area (Å²) in [5.41, 5.74) is -2.97. The van der Waals surface area contributed by atoms with Crippen molar-refractivity contribution in [2.45, 2.75) is 25.7 Å². The van der Waals surface area contributed by atoms with Crippen LogP contribution in [0.1, 0.15) is 13.3 Å². The van der Waals surface area contributed by atoms with Crippen molar-refractivity contribution in [2.24, 2.45) is 5.41 Å². The summed E-state index contributed by atoms with van der Waals surface area (Å²) < 4.78 is 72.9. The second-order valence-electron chi connectivity index (χ2n) is 3.81. The van der Waals surface area contributed by atoms with Crippen molar-refractivity contribution in [3.8, 4) is 0 Å². The third-order valence-corrected chi connectivity index (χ3v) is 2.12. The summed E-state index contributed by atoms with van der Waals surface area (Å²) in [7, 11) is 0. The van der Waals surface area contributed by atoms with Gasteiger partial charge in [0.15, 0.2) is 0 Å². The zero-order chi connectivity index (χ0) is 14.8. The fourth-order valence-corrected chi connectivity index (χ4v) is 0.972. The van der Waals surface area contributed by atoms with Crippen molar-refractivity contribution in [3.05, 3.63) is 0 Å². The number of alkyl halides is 6. The maximum Gasteiger partial charge on any atom is 0.471 e. The molecular formula is C8H9F6NO3. The Morgan fingerprint density at radius 3 is 1.83 bits per heavy atom. The van der Waals surface area contributed by atoms with E-state index in [4.69, 9.17) is 5.11 Å². The minimum atomic E-state index is -5.32. The van der Waals surface area contributed by atoms with Gasteiger partial charge in [-0.25, -0.2) is 0 Å². The average Bonchev–Trinajstić information content (AvgIpc) is 2.09. The molecule has 4 nitrogen and oxygen atoms in total. The molecular weight excluding hydrogens is 272 g/mol. The molecule has 0 aliphatic carbocycles. The van der Waals surface area contributed by atoms with Crippen molar-refractivity contribution in [1.82, 2.24) is 5.32 Å². The molecule has 0 saturated heterocycles. The zero-order valence-corrected chi connectivity index (χ0v) is 8.95. The van der Waals surface area contributed by atoms with Crippen LogP contribution in [-0.2, 0) is 9.59 Å². The molecule has 0 aliphatic rings. The highest BCUT2D eigenvalue weighted by atomic mass is 19.4. The third kappa shape index (κ3) is 4.41. The molecule has 0 spiro atoms. The summed E-state index contributed by atoms with van der Waals surface area (Å²) in [6, 6.07) is 0. The van der Waals surface area contributed by atoms with Gasteiger partial charge in [-0.05, 0) is 6.92 Å². The van der Waals surface area contributed by atoms with Gasteiger partial charge < -0.3 is 10.4 Å². The third-order valence-electron chi connectivity index (χ3n) is 2.12. The maximum absolute atomic E-state index is 12.5. The van der Waals surface area contributed by atoms with Crippen molar-refractivity contribution in [2.75, 3.05) is 6.54 Å². The van der Waals surface area contributed by atoms with Crippen LogP contribution in [0.25, 0.3) is 0 Å². The number of aliphatic carboxylic acids is 1. The van der Waals surface area contributed by atoms with E-state index in [2.05, 4.69) is 0 Å². The number of carboxylic acids is 1. The number of nitrogens with one attached hydrogen (secondary N) is 1. The Balaban J connectivity index is 4.84. The van der Waals surface area contributed by atoms with E-state index in [0.717, 1.165) is 5.32 Å². The molecule has 1 amide bonds. The Kier molecular flexibility index (Phi) is 4.61. The molecule has 106 valence electrons. The molecule has 1 atom stereocenters. The lowest BCUT2D eigenvalue weighted by Gasteiger charge is -2.30. The van der Waals surface area contributed by atoms with E-state index < -0.39 is 42.6 Å². The molecule has 0 saturated carbocycles. The molecule has 0 fully saturated rings. The lowest BCUT2D eigenvalue weighted by Crippen LogP contribution is -2.49. The fourth-order valence-electron chi connectivity index (χ4n) is 0.972. The number of halogens is 6. The van der Waals surface area contributed by atoms with Crippen molar-refractivity contribution in [3.63, 3.8) is 0 Å². The van der Waals surface area contributed by atoms with Crippen LogP contribution in [0.5, 0.6) is 0 Å². The van der Waals surface area contributed by atoms with Crippen LogP contribution in [0.4, 0.5) is 26.3 Å². The highest BCUT2D eigenvalue weighted by Crippen LogP contribution is 2.40. The normalized spacial score (nSPS) is 15.9. The first-order valence-electron chi connectivity index (χ1n) is 4.43. The largest absolute Gasteiger partial charge is 0.481 e. The summed E-state index contributed by atoms with van der Waals surface area (Å²) in [4.78, 5) is 20.6. The number of hydrogen-bond donors (Lipinski definition) is 2. The molecule has 2 N–H and O–H groups in total. The predicted octanol–water partition coefficient (Wildman–Crippen LogP) is 1.71. The summed E-state index contributed by atoms with van der Waals surface area (Å²) in [5.74, 6) is -4.39. The van der Waals surface area contributed by atoms with Crippen LogP contribution in [0, 0.1) is 5.41 Å². The molecule has 0 heterocycles. The molecule has 0 bridgehead atoms. The topological polar surface area (TPSA) is 66.4 Å². The SMILES string of the molecule is CC(CNC(=O)C(F)(F)F)(CC(=O)O)C(F)(F)F. The minimum absolute atomic E-state index is 0.414. The van der Waals surface area contributed by atoms with Crippen molar-refractivity contribution < 1.29 is 41.0 Å². The van der Waals surface area contributed by atoms with Gasteiger partial charge in [0.2, 0.25) is 0 Å². The van der Waals surface area contributed by atoms with Crippen molar-refractivity contribution >= 4 is 11.9 Å². The highest BCUT2D eigenvalue weighted by Gasteiger charge is 2.53. The van der Waals surface area contributed by atoms with E-state index in [1.807, 2.05) is 0 Å². The Hall–Kier alpha value is -1.48. The lowest BCUT2D eigenvalue weighted by atomic mass is 9.86. The van der Waals surface area contributed by atoms with Gasteiger partial charge in [0, 0.05) is 6.54 Å². The van der Waals surface area contributed by atoms with Gasteiger partial charge in [-0.2, -0.15) is 26.3 Å². The van der Waals surface area contributed by atoms with E-state index in [1.54, 1.807) is 0 Å². The highest BCUT2D eigenvalue weighted by molar-refractivity contribution is 5.81. The Bertz CT molecular complexity index is 337. The van der Waals surface area contributed by atoms with Gasteiger partial charge in [0.1, 0.15) is 0 Å². The smallest absolute Gasteiger partial charge is 0.471 e. The van der Waals surface area contributed by atoms with E-state index in [9.17, 15) is 35.9 Å². The second-order valence-corrected chi connectivity index (χ2v) is 3.81. The van der Waals surface area contributed by atoms with Gasteiger partial charge in [-0.1, -0.05) is 0 Å². The van der Waals surface area contributed by atoms with Gasteiger partial charge in [0.05, 0.1) is 11.8 Å². The molecule has 1 unspecified atom stereocenters. The van der Waals surface area contributed by atoms with Gasteiger partial charge in [0.25, 0.3) is 0 Å². The number of rotatable bonds is 4. The first-order chi connectivity index (χ1) is 7.79. The van der Waals surface area contributed by atoms with Crippen LogP contribution in [0.2, 0.25) is 0 Å². The first kappa shape index (κ1) is 16.5. The van der Waals surface area contributed by atoms with E-state index in [0.29, 0.717) is 6.92 Å². The van der Waals surface area contributed by atoms with E-state index in [1.165, 1.54) is 0 Å². The average molecular weight is 281 g/mol. The number of amides is 1. The van der Waals surface area contributed by atoms with Crippen LogP contribution in [-0.4, -0.2) is 35.9 Å². The fraction of sp³-hybridized carbons (Fsp3) is 0.750. The van der Waals surface area contributed by atoms with Gasteiger partial charge >= 0.3 is 24.2 Å². The first-order valence-corrected chi connectivity index (χ1v) is 4.43. The van der Waals surface area contributed by atoms with Crippen LogP contribution in [0.3, 0.4) is 0 Å². The quantitative estimate of drug-likeness (QED) is 0.771. The van der Waals surface area contributed by atoms with Crippen molar-refractivity contribution in [1.29, 1.82) is 0 Å². The van der Waals surface area contributed by atoms with Crippen LogP contribution >= 0.6 is 0 Å². The van der Waals surface area contributed by atoms with Gasteiger partial charge in [-0.3, -0.25) is 9.59 Å². The molecule has 18 heavy (non-hydrogen) atoms. The maximum atomic E-state index is 12.5. The molecule has 0 radical (unpaired) electrons. The second kappa shape index (κ2) is 5.02. The van der Waals surface area contributed by atoms with E-state index in [-0.39, 0.29) is 0 Å². The predicted molar refractivity (Wildman–Crippen MR) is 45.5 cm³/mol. The molecule has 10 heteroatoms. The van der Waals surface area contributed by atoms with Crippen LogP contribution in [0.15, 0.2) is 0 Å². The number of carbonyl (C=O) groups is 2. The summed E-state index contributed by atoms with van der Waals surface area (Å²) in [6.45, 7) is -1.06. The molecule has 0 aromatic heterocycles. The zero-order valence-electron chi connectivity index (χ0n) is 8.95. The molecule has 0 aliphatic heterocycles. The Morgan fingerprint density at radius 1 is 1.11 bits per heavy atom. The summed E-state index contributed by atoms with van der Waals surface area (Å²) >= 11 is 0. The monoisotopic (exact) mass is 281 g/mol. The molecule has 0 aromatic carbocycles. The molecule has 0 rings (SSSR count). The summed E-state index contributed by atoms with van der Waals surface area (Å²) in [5, 5.41) is 9.33. The number of hydrogen-bond acceptors (Lipinski definition) is 2. The van der Waals surface area contributed by atoms with Gasteiger partial charge in [-0.15, -0.1) is 0 Å². The van der Waals surface area contributed by atoms with E-state index >= 15 is 0 Å². The van der Waals surface area contributed by atoms with Crippen LogP contribution < -0.4 is 5.32 Å². The minimum Gasteiger partial charge on any atom is -0.481 e. The number of carbonyl (C=O) groups excluding carboxylic acids is 1.